The van der Waals surface area contributed by atoms with Crippen molar-refractivity contribution < 1.29 is 4.79 Å². The monoisotopic (exact) mass is 167 g/mol. The van der Waals surface area contributed by atoms with Gasteiger partial charge in [0.2, 0.25) is 5.91 Å². The van der Waals surface area contributed by atoms with Gasteiger partial charge >= 0.3 is 0 Å². The molecular weight excluding hydrogens is 150 g/mol. The van der Waals surface area contributed by atoms with Crippen LogP contribution in [0.5, 0.6) is 0 Å². The SMILES string of the molecule is C=CC(=O)N1CC(C(C)(C)C)C1. The van der Waals surface area contributed by atoms with Crippen LogP contribution in [-0.2, 0) is 4.79 Å². The molecule has 0 spiro atoms. The Morgan fingerprint density at radius 3 is 2.33 bits per heavy atom. The van der Waals surface area contributed by atoms with E-state index in [4.69, 9.17) is 0 Å². The molecule has 2 heteroatoms. The summed E-state index contributed by atoms with van der Waals surface area (Å²) in [5, 5.41) is 0. The summed E-state index contributed by atoms with van der Waals surface area (Å²) in [6, 6.07) is 0. The van der Waals surface area contributed by atoms with Crippen LogP contribution >= 0.6 is 0 Å². The van der Waals surface area contributed by atoms with Crippen molar-refractivity contribution in [2.75, 3.05) is 13.1 Å². The van der Waals surface area contributed by atoms with E-state index in [1.54, 1.807) is 0 Å². The predicted molar refractivity (Wildman–Crippen MR) is 49.7 cm³/mol. The van der Waals surface area contributed by atoms with Crippen molar-refractivity contribution in [3.8, 4) is 0 Å². The van der Waals surface area contributed by atoms with Gasteiger partial charge in [-0.1, -0.05) is 27.4 Å². The van der Waals surface area contributed by atoms with Gasteiger partial charge < -0.3 is 4.90 Å². The lowest BCUT2D eigenvalue weighted by Gasteiger charge is -2.45. The molecule has 0 aliphatic carbocycles. The molecular formula is C10H17NO. The Kier molecular flexibility index (Phi) is 2.27. The van der Waals surface area contributed by atoms with E-state index in [9.17, 15) is 4.79 Å². The number of carbonyl (C=O) groups is 1. The van der Waals surface area contributed by atoms with Crippen LogP contribution < -0.4 is 0 Å². The highest BCUT2D eigenvalue weighted by atomic mass is 16.2. The minimum atomic E-state index is 0.0653. The van der Waals surface area contributed by atoms with E-state index in [-0.39, 0.29) is 5.91 Å². The summed E-state index contributed by atoms with van der Waals surface area (Å²) in [4.78, 5) is 12.9. The van der Waals surface area contributed by atoms with Crippen LogP contribution in [0.4, 0.5) is 0 Å². The van der Waals surface area contributed by atoms with Gasteiger partial charge in [-0.2, -0.15) is 0 Å². The first-order valence-corrected chi connectivity index (χ1v) is 4.36. The van der Waals surface area contributed by atoms with Crippen molar-refractivity contribution in [2.24, 2.45) is 11.3 Å². The summed E-state index contributed by atoms with van der Waals surface area (Å²) < 4.78 is 0. The Hall–Kier alpha value is -0.790. The van der Waals surface area contributed by atoms with Gasteiger partial charge in [-0.3, -0.25) is 4.79 Å². The molecule has 68 valence electrons. The predicted octanol–water partition coefficient (Wildman–Crippen LogP) is 1.68. The third-order valence-corrected chi connectivity index (χ3v) is 2.59. The molecule has 0 aromatic rings. The zero-order chi connectivity index (χ0) is 9.35. The van der Waals surface area contributed by atoms with Crippen LogP contribution in [0.3, 0.4) is 0 Å². The summed E-state index contributed by atoms with van der Waals surface area (Å²) in [5.41, 5.74) is 0.331. The normalized spacial score (nSPS) is 18.8. The zero-order valence-electron chi connectivity index (χ0n) is 8.13. The van der Waals surface area contributed by atoms with Crippen molar-refractivity contribution in [1.29, 1.82) is 0 Å². The fourth-order valence-electron chi connectivity index (χ4n) is 1.34. The number of amides is 1. The van der Waals surface area contributed by atoms with E-state index in [2.05, 4.69) is 27.4 Å². The van der Waals surface area contributed by atoms with Gasteiger partial charge in [0, 0.05) is 13.1 Å². The fraction of sp³-hybridized carbons (Fsp3) is 0.700. The molecule has 0 saturated carbocycles. The topological polar surface area (TPSA) is 20.3 Å². The maximum Gasteiger partial charge on any atom is 0.245 e. The highest BCUT2D eigenvalue weighted by Gasteiger charge is 2.37. The van der Waals surface area contributed by atoms with Gasteiger partial charge in [0.05, 0.1) is 0 Å². The third kappa shape index (κ3) is 1.68. The lowest BCUT2D eigenvalue weighted by Crippen LogP contribution is -2.54. The average Bonchev–Trinajstić information content (AvgIpc) is 1.80. The second-order valence-corrected chi connectivity index (χ2v) is 4.51. The molecule has 0 unspecified atom stereocenters. The van der Waals surface area contributed by atoms with E-state index >= 15 is 0 Å². The van der Waals surface area contributed by atoms with Gasteiger partial charge in [-0.25, -0.2) is 0 Å². The number of hydrogen-bond donors (Lipinski definition) is 0. The molecule has 12 heavy (non-hydrogen) atoms. The quantitative estimate of drug-likeness (QED) is 0.544. The molecule has 1 fully saturated rings. The molecule has 0 bridgehead atoms. The first-order valence-electron chi connectivity index (χ1n) is 4.36. The van der Waals surface area contributed by atoms with Crippen molar-refractivity contribution in [2.45, 2.75) is 20.8 Å². The smallest absolute Gasteiger partial charge is 0.245 e. The Morgan fingerprint density at radius 1 is 1.50 bits per heavy atom. The molecule has 0 aromatic heterocycles. The minimum Gasteiger partial charge on any atom is -0.338 e. The van der Waals surface area contributed by atoms with Gasteiger partial charge in [-0.15, -0.1) is 0 Å². The number of carbonyl (C=O) groups excluding carboxylic acids is 1. The van der Waals surface area contributed by atoms with E-state index in [0.717, 1.165) is 13.1 Å². The van der Waals surface area contributed by atoms with Crippen molar-refractivity contribution in [3.63, 3.8) is 0 Å². The zero-order valence-corrected chi connectivity index (χ0v) is 8.13. The summed E-state index contributed by atoms with van der Waals surface area (Å²) in [6.45, 7) is 11.9. The van der Waals surface area contributed by atoms with Crippen LogP contribution in [0.25, 0.3) is 0 Å². The highest BCUT2D eigenvalue weighted by Crippen LogP contribution is 2.33. The number of hydrogen-bond acceptors (Lipinski definition) is 1. The van der Waals surface area contributed by atoms with E-state index < -0.39 is 0 Å². The van der Waals surface area contributed by atoms with Crippen LogP contribution in [0.15, 0.2) is 12.7 Å². The second-order valence-electron chi connectivity index (χ2n) is 4.51. The van der Waals surface area contributed by atoms with Gasteiger partial charge in [0.25, 0.3) is 0 Å². The molecule has 0 aromatic carbocycles. The summed E-state index contributed by atoms with van der Waals surface area (Å²) >= 11 is 0. The molecule has 0 atom stereocenters. The van der Waals surface area contributed by atoms with Crippen molar-refractivity contribution >= 4 is 5.91 Å². The van der Waals surface area contributed by atoms with E-state index in [1.807, 2.05) is 4.90 Å². The number of rotatable bonds is 1. The van der Waals surface area contributed by atoms with E-state index in [1.165, 1.54) is 6.08 Å². The minimum absolute atomic E-state index is 0.0653. The molecule has 1 amide bonds. The van der Waals surface area contributed by atoms with Crippen LogP contribution in [-0.4, -0.2) is 23.9 Å². The van der Waals surface area contributed by atoms with Crippen LogP contribution in [0.2, 0.25) is 0 Å². The molecule has 2 nitrogen and oxygen atoms in total. The Morgan fingerprint density at radius 2 is 2.00 bits per heavy atom. The summed E-state index contributed by atoms with van der Waals surface area (Å²) in [6.07, 6.45) is 1.39. The number of likely N-dealkylation sites (tertiary alicyclic amines) is 1. The van der Waals surface area contributed by atoms with E-state index in [0.29, 0.717) is 11.3 Å². The number of nitrogens with zero attached hydrogens (tertiary/aromatic N) is 1. The third-order valence-electron chi connectivity index (χ3n) is 2.59. The van der Waals surface area contributed by atoms with Crippen LogP contribution in [0, 0.1) is 11.3 Å². The van der Waals surface area contributed by atoms with Crippen molar-refractivity contribution in [1.82, 2.24) is 4.90 Å². The Labute approximate surface area is 74.2 Å². The average molecular weight is 167 g/mol. The Balaban J connectivity index is 2.38. The lowest BCUT2D eigenvalue weighted by atomic mass is 9.76. The fourth-order valence-corrected chi connectivity index (χ4v) is 1.34. The highest BCUT2D eigenvalue weighted by molar-refractivity contribution is 5.87. The standard InChI is InChI=1S/C10H17NO/c1-5-9(12)11-6-8(7-11)10(2,3)4/h5,8H,1,6-7H2,2-4H3. The summed E-state index contributed by atoms with van der Waals surface area (Å²) in [7, 11) is 0. The molecule has 1 rings (SSSR count). The summed E-state index contributed by atoms with van der Waals surface area (Å²) in [5.74, 6) is 0.719. The van der Waals surface area contributed by atoms with Gasteiger partial charge in [0.15, 0.2) is 0 Å². The largest absolute Gasteiger partial charge is 0.338 e. The molecule has 0 radical (unpaired) electrons. The first kappa shape index (κ1) is 9.30. The maximum absolute atomic E-state index is 11.1. The second kappa shape index (κ2) is 2.92. The first-order chi connectivity index (χ1) is 5.45. The molecule has 0 N–H and O–H groups in total. The van der Waals surface area contributed by atoms with Crippen molar-refractivity contribution in [3.05, 3.63) is 12.7 Å². The van der Waals surface area contributed by atoms with Crippen LogP contribution in [0.1, 0.15) is 20.8 Å². The molecule has 1 aliphatic rings. The van der Waals surface area contributed by atoms with Gasteiger partial charge in [0.1, 0.15) is 0 Å². The van der Waals surface area contributed by atoms with Gasteiger partial charge in [-0.05, 0) is 17.4 Å². The molecule has 1 aliphatic heterocycles. The maximum atomic E-state index is 11.1. The lowest BCUT2D eigenvalue weighted by molar-refractivity contribution is -0.134. The molecule has 1 saturated heterocycles. The molecule has 1 heterocycles. The Bertz CT molecular complexity index is 196.